The van der Waals surface area contributed by atoms with Gasteiger partial charge >= 0.3 is 0 Å². The standard InChI is InChI=1S/C15H20ClN3O3/c16-13-7-6-12(10-14(13)19(21)22)17-11-15(20)18-8-4-2-1-3-5-9-18/h6-7,10,17H,1-5,8-9,11H2. The summed E-state index contributed by atoms with van der Waals surface area (Å²) in [4.78, 5) is 24.4. The van der Waals surface area contributed by atoms with Gasteiger partial charge in [0, 0.05) is 24.8 Å². The van der Waals surface area contributed by atoms with Crippen LogP contribution in [0.2, 0.25) is 5.02 Å². The van der Waals surface area contributed by atoms with Gasteiger partial charge in [-0.1, -0.05) is 30.9 Å². The van der Waals surface area contributed by atoms with Gasteiger partial charge in [-0.2, -0.15) is 0 Å². The van der Waals surface area contributed by atoms with Crippen molar-refractivity contribution in [3.63, 3.8) is 0 Å². The monoisotopic (exact) mass is 325 g/mol. The quantitative estimate of drug-likeness (QED) is 0.679. The first-order valence-corrected chi connectivity index (χ1v) is 7.91. The van der Waals surface area contributed by atoms with Gasteiger partial charge in [-0.15, -0.1) is 0 Å². The second kappa shape index (κ2) is 7.98. The average Bonchev–Trinajstić information content (AvgIpc) is 2.45. The molecule has 0 bridgehead atoms. The Kier molecular flexibility index (Phi) is 6.00. The van der Waals surface area contributed by atoms with E-state index in [1.807, 2.05) is 4.90 Å². The number of nitrogens with zero attached hydrogens (tertiary/aromatic N) is 2. The summed E-state index contributed by atoms with van der Waals surface area (Å²) in [6.07, 6.45) is 5.66. The number of anilines is 1. The normalized spacial score (nSPS) is 15.8. The van der Waals surface area contributed by atoms with E-state index in [0.717, 1.165) is 25.9 Å². The highest BCUT2D eigenvalue weighted by molar-refractivity contribution is 6.32. The zero-order valence-corrected chi connectivity index (χ0v) is 13.1. The lowest BCUT2D eigenvalue weighted by atomic mass is 10.1. The first-order chi connectivity index (χ1) is 10.6. The third-order valence-electron chi connectivity index (χ3n) is 3.80. The number of nitro groups is 1. The molecule has 1 aromatic carbocycles. The zero-order chi connectivity index (χ0) is 15.9. The SMILES string of the molecule is O=C(CNc1ccc(Cl)c([N+](=O)[O-])c1)N1CCCCCCC1. The molecule has 6 nitrogen and oxygen atoms in total. The van der Waals surface area contributed by atoms with Gasteiger partial charge in [-0.3, -0.25) is 14.9 Å². The molecular weight excluding hydrogens is 306 g/mol. The fourth-order valence-electron chi connectivity index (χ4n) is 2.55. The van der Waals surface area contributed by atoms with Crippen LogP contribution >= 0.6 is 11.6 Å². The molecule has 1 N–H and O–H groups in total. The summed E-state index contributed by atoms with van der Waals surface area (Å²) in [7, 11) is 0. The highest BCUT2D eigenvalue weighted by Crippen LogP contribution is 2.27. The van der Waals surface area contributed by atoms with Crippen LogP contribution in [0.1, 0.15) is 32.1 Å². The van der Waals surface area contributed by atoms with Crippen LogP contribution < -0.4 is 5.32 Å². The minimum atomic E-state index is -0.534. The lowest BCUT2D eigenvalue weighted by molar-refractivity contribution is -0.384. The number of amides is 1. The molecule has 120 valence electrons. The maximum Gasteiger partial charge on any atom is 0.289 e. The summed E-state index contributed by atoms with van der Waals surface area (Å²) in [5, 5.41) is 13.9. The van der Waals surface area contributed by atoms with Crippen molar-refractivity contribution in [2.75, 3.05) is 25.0 Å². The summed E-state index contributed by atoms with van der Waals surface area (Å²) in [5.41, 5.74) is 0.363. The van der Waals surface area contributed by atoms with Gasteiger partial charge in [0.25, 0.3) is 5.69 Å². The second-order valence-corrected chi connectivity index (χ2v) is 5.83. The Hall–Kier alpha value is -1.82. The molecule has 22 heavy (non-hydrogen) atoms. The highest BCUT2D eigenvalue weighted by atomic mass is 35.5. The predicted octanol–water partition coefficient (Wildman–Crippen LogP) is 3.45. The molecule has 0 saturated carbocycles. The van der Waals surface area contributed by atoms with Gasteiger partial charge in [0.05, 0.1) is 11.5 Å². The second-order valence-electron chi connectivity index (χ2n) is 5.43. The maximum absolute atomic E-state index is 12.2. The summed E-state index contributed by atoms with van der Waals surface area (Å²) in [6, 6.07) is 4.45. The van der Waals surface area contributed by atoms with E-state index in [2.05, 4.69) is 5.32 Å². The van der Waals surface area contributed by atoms with Crippen LogP contribution in [0.25, 0.3) is 0 Å². The number of hydrogen-bond acceptors (Lipinski definition) is 4. The van der Waals surface area contributed by atoms with E-state index >= 15 is 0 Å². The summed E-state index contributed by atoms with van der Waals surface area (Å²) in [5.74, 6) is 0.0273. The van der Waals surface area contributed by atoms with Crippen molar-refractivity contribution in [1.82, 2.24) is 4.90 Å². The van der Waals surface area contributed by atoms with Crippen molar-refractivity contribution >= 4 is 28.9 Å². The Morgan fingerprint density at radius 3 is 2.50 bits per heavy atom. The summed E-state index contributed by atoms with van der Waals surface area (Å²) >= 11 is 5.76. The molecule has 1 fully saturated rings. The number of benzene rings is 1. The fourth-order valence-corrected chi connectivity index (χ4v) is 2.74. The van der Waals surface area contributed by atoms with Crippen LogP contribution in [-0.4, -0.2) is 35.4 Å². The Bertz CT molecular complexity index is 543. The van der Waals surface area contributed by atoms with E-state index in [1.165, 1.54) is 31.4 Å². The molecule has 0 aromatic heterocycles. The van der Waals surface area contributed by atoms with Crippen LogP contribution in [0, 0.1) is 10.1 Å². The van der Waals surface area contributed by atoms with Crippen molar-refractivity contribution in [2.45, 2.75) is 32.1 Å². The number of rotatable bonds is 4. The number of nitro benzene ring substituents is 1. The molecule has 0 spiro atoms. The Morgan fingerprint density at radius 1 is 1.23 bits per heavy atom. The third-order valence-corrected chi connectivity index (χ3v) is 4.11. The average molecular weight is 326 g/mol. The number of halogens is 1. The molecule has 1 heterocycles. The Balaban J connectivity index is 1.92. The van der Waals surface area contributed by atoms with E-state index in [4.69, 9.17) is 11.6 Å². The minimum absolute atomic E-state index is 0.0273. The van der Waals surface area contributed by atoms with Gasteiger partial charge in [0.1, 0.15) is 5.02 Å². The number of nitrogens with one attached hydrogen (secondary N) is 1. The molecule has 2 rings (SSSR count). The first-order valence-electron chi connectivity index (χ1n) is 7.53. The topological polar surface area (TPSA) is 75.5 Å². The van der Waals surface area contributed by atoms with E-state index in [1.54, 1.807) is 6.07 Å². The summed E-state index contributed by atoms with van der Waals surface area (Å²) < 4.78 is 0. The van der Waals surface area contributed by atoms with Crippen LogP contribution in [-0.2, 0) is 4.79 Å². The van der Waals surface area contributed by atoms with Gasteiger partial charge in [0.2, 0.25) is 5.91 Å². The molecule has 7 heteroatoms. The van der Waals surface area contributed by atoms with Gasteiger partial charge in [0.15, 0.2) is 0 Å². The smallest absolute Gasteiger partial charge is 0.289 e. The molecule has 0 atom stereocenters. The zero-order valence-electron chi connectivity index (χ0n) is 12.4. The largest absolute Gasteiger partial charge is 0.376 e. The number of carbonyl (C=O) groups excluding carboxylic acids is 1. The summed E-state index contributed by atoms with van der Waals surface area (Å²) in [6.45, 7) is 1.72. The van der Waals surface area contributed by atoms with Gasteiger partial charge < -0.3 is 10.2 Å². The predicted molar refractivity (Wildman–Crippen MR) is 86.3 cm³/mol. The number of likely N-dealkylation sites (tertiary alicyclic amines) is 1. The molecule has 1 aromatic rings. The molecule has 1 aliphatic heterocycles. The van der Waals surface area contributed by atoms with Crippen LogP contribution in [0.5, 0.6) is 0 Å². The van der Waals surface area contributed by atoms with Gasteiger partial charge in [-0.25, -0.2) is 0 Å². The fraction of sp³-hybridized carbons (Fsp3) is 0.533. The van der Waals surface area contributed by atoms with E-state index < -0.39 is 4.92 Å². The van der Waals surface area contributed by atoms with E-state index in [0.29, 0.717) is 5.69 Å². The molecule has 0 unspecified atom stereocenters. The highest BCUT2D eigenvalue weighted by Gasteiger charge is 2.16. The molecular formula is C15H20ClN3O3. The van der Waals surface area contributed by atoms with Crippen LogP contribution in [0.3, 0.4) is 0 Å². The minimum Gasteiger partial charge on any atom is -0.376 e. The molecule has 0 aliphatic carbocycles. The van der Waals surface area contributed by atoms with Crippen LogP contribution in [0.4, 0.5) is 11.4 Å². The lowest BCUT2D eigenvalue weighted by Gasteiger charge is -2.25. The van der Waals surface area contributed by atoms with Crippen molar-refractivity contribution in [3.8, 4) is 0 Å². The third kappa shape index (κ3) is 4.59. The number of carbonyl (C=O) groups is 1. The van der Waals surface area contributed by atoms with Crippen LogP contribution in [0.15, 0.2) is 18.2 Å². The van der Waals surface area contributed by atoms with Crippen molar-refractivity contribution < 1.29 is 9.72 Å². The lowest BCUT2D eigenvalue weighted by Crippen LogP contribution is -2.37. The number of hydrogen-bond donors (Lipinski definition) is 1. The Morgan fingerprint density at radius 2 is 1.86 bits per heavy atom. The van der Waals surface area contributed by atoms with Crippen molar-refractivity contribution in [1.29, 1.82) is 0 Å². The maximum atomic E-state index is 12.2. The van der Waals surface area contributed by atoms with Gasteiger partial charge in [-0.05, 0) is 25.0 Å². The molecule has 0 radical (unpaired) electrons. The van der Waals surface area contributed by atoms with Crippen molar-refractivity contribution in [3.05, 3.63) is 33.3 Å². The van der Waals surface area contributed by atoms with Crippen molar-refractivity contribution in [2.24, 2.45) is 0 Å². The Labute approximate surface area is 134 Å². The molecule has 1 amide bonds. The van der Waals surface area contributed by atoms with E-state index in [-0.39, 0.29) is 23.2 Å². The first kappa shape index (κ1) is 16.5. The molecule has 1 aliphatic rings. The van der Waals surface area contributed by atoms with E-state index in [9.17, 15) is 14.9 Å². The molecule has 1 saturated heterocycles.